The van der Waals surface area contributed by atoms with Crippen LogP contribution in [0.4, 0.5) is 5.82 Å². The number of hydrogen-bond donors (Lipinski definition) is 1. The van der Waals surface area contributed by atoms with Crippen molar-refractivity contribution < 1.29 is 4.79 Å². The van der Waals surface area contributed by atoms with E-state index in [4.69, 9.17) is 11.6 Å². The second kappa shape index (κ2) is 6.39. The van der Waals surface area contributed by atoms with E-state index in [-0.39, 0.29) is 17.2 Å². The average Bonchev–Trinajstić information content (AvgIpc) is 2.35. The lowest BCUT2D eigenvalue weighted by molar-refractivity contribution is -0.123. The maximum absolute atomic E-state index is 11.6. The first-order valence-corrected chi connectivity index (χ1v) is 7.00. The molecule has 112 valence electrons. The van der Waals surface area contributed by atoms with Gasteiger partial charge < -0.3 is 10.2 Å². The summed E-state index contributed by atoms with van der Waals surface area (Å²) in [6.07, 6.45) is 0. The van der Waals surface area contributed by atoms with Gasteiger partial charge in [0.2, 0.25) is 5.91 Å². The molecule has 20 heavy (non-hydrogen) atoms. The van der Waals surface area contributed by atoms with E-state index in [1.54, 1.807) is 13.1 Å². The summed E-state index contributed by atoms with van der Waals surface area (Å²) in [5.74, 6) is 1.30. The van der Waals surface area contributed by atoms with Crippen molar-refractivity contribution in [2.24, 2.45) is 5.92 Å². The lowest BCUT2D eigenvalue weighted by Gasteiger charge is -2.24. The topological polar surface area (TPSA) is 58.1 Å². The summed E-state index contributed by atoms with van der Waals surface area (Å²) < 4.78 is 0. The second-order valence-corrected chi connectivity index (χ2v) is 6.41. The summed E-state index contributed by atoms with van der Waals surface area (Å²) in [5, 5.41) is 3.06. The molecule has 1 heterocycles. The van der Waals surface area contributed by atoms with Gasteiger partial charge in [0.25, 0.3) is 0 Å². The predicted octanol–water partition coefficient (Wildman–Crippen LogP) is 2.25. The van der Waals surface area contributed by atoms with Crippen LogP contribution >= 0.6 is 11.6 Å². The highest BCUT2D eigenvalue weighted by Gasteiger charge is 2.21. The Hall–Kier alpha value is -1.36. The number of carbonyl (C=O) groups is 1. The molecule has 0 aromatic carbocycles. The van der Waals surface area contributed by atoms with Crippen LogP contribution in [-0.2, 0) is 10.2 Å². The van der Waals surface area contributed by atoms with Crippen molar-refractivity contribution in [3.05, 3.63) is 17.0 Å². The third kappa shape index (κ3) is 4.34. The number of anilines is 1. The van der Waals surface area contributed by atoms with Gasteiger partial charge >= 0.3 is 0 Å². The Morgan fingerprint density at radius 3 is 2.55 bits per heavy atom. The fourth-order valence-electron chi connectivity index (χ4n) is 1.77. The molecule has 0 saturated heterocycles. The highest BCUT2D eigenvalue weighted by atomic mass is 35.5. The molecule has 0 saturated carbocycles. The molecular formula is C14H23ClN4O. The second-order valence-electron chi connectivity index (χ2n) is 6.02. The van der Waals surface area contributed by atoms with Crippen molar-refractivity contribution in [3.63, 3.8) is 0 Å². The van der Waals surface area contributed by atoms with Gasteiger partial charge in [-0.3, -0.25) is 4.79 Å². The lowest BCUT2D eigenvalue weighted by atomic mass is 9.96. The molecule has 1 N–H and O–H groups in total. The van der Waals surface area contributed by atoms with E-state index in [0.717, 1.165) is 5.82 Å². The Balaban J connectivity index is 2.96. The van der Waals surface area contributed by atoms with Crippen molar-refractivity contribution in [2.45, 2.75) is 33.1 Å². The minimum absolute atomic E-state index is 0.00745. The van der Waals surface area contributed by atoms with Gasteiger partial charge in [0.15, 0.2) is 0 Å². The third-order valence-electron chi connectivity index (χ3n) is 2.98. The first kappa shape index (κ1) is 16.7. The molecule has 6 heteroatoms. The molecule has 5 nitrogen and oxygen atoms in total. The molecule has 1 amide bonds. The molecule has 0 spiro atoms. The zero-order valence-corrected chi connectivity index (χ0v) is 13.7. The van der Waals surface area contributed by atoms with E-state index in [9.17, 15) is 4.79 Å². The van der Waals surface area contributed by atoms with Gasteiger partial charge in [-0.25, -0.2) is 9.97 Å². The molecule has 0 aliphatic heterocycles. The summed E-state index contributed by atoms with van der Waals surface area (Å²) in [4.78, 5) is 22.3. The zero-order chi connectivity index (χ0) is 15.5. The SMILES string of the molecule is CNC(=O)C(C)CN(C)c1cc(Cl)nc(C(C)(C)C)n1. The lowest BCUT2D eigenvalue weighted by Crippen LogP contribution is -2.35. The van der Waals surface area contributed by atoms with Crippen LogP contribution in [0.3, 0.4) is 0 Å². The largest absolute Gasteiger partial charge is 0.359 e. The minimum Gasteiger partial charge on any atom is -0.359 e. The maximum Gasteiger partial charge on any atom is 0.224 e. The van der Waals surface area contributed by atoms with Crippen LogP contribution in [-0.4, -0.2) is 36.5 Å². The molecule has 0 bridgehead atoms. The average molecular weight is 299 g/mol. The van der Waals surface area contributed by atoms with Crippen LogP contribution < -0.4 is 10.2 Å². The van der Waals surface area contributed by atoms with Gasteiger partial charge in [-0.2, -0.15) is 0 Å². The van der Waals surface area contributed by atoms with E-state index in [1.165, 1.54) is 0 Å². The zero-order valence-electron chi connectivity index (χ0n) is 13.0. The normalized spacial score (nSPS) is 12.9. The molecular weight excluding hydrogens is 276 g/mol. The number of nitrogens with zero attached hydrogens (tertiary/aromatic N) is 3. The number of nitrogens with one attached hydrogen (secondary N) is 1. The van der Waals surface area contributed by atoms with Crippen molar-refractivity contribution >= 4 is 23.3 Å². The number of rotatable bonds is 4. The van der Waals surface area contributed by atoms with Gasteiger partial charge in [0, 0.05) is 32.1 Å². The predicted molar refractivity (Wildman–Crippen MR) is 82.2 cm³/mol. The van der Waals surface area contributed by atoms with Gasteiger partial charge in [0.05, 0.1) is 5.92 Å². The molecule has 0 aliphatic rings. The molecule has 0 radical (unpaired) electrons. The molecule has 1 atom stereocenters. The summed E-state index contributed by atoms with van der Waals surface area (Å²) in [6.45, 7) is 8.56. The molecule has 0 aliphatic carbocycles. The van der Waals surface area contributed by atoms with Gasteiger partial charge in [-0.05, 0) is 0 Å². The van der Waals surface area contributed by atoms with Crippen LogP contribution in [0.5, 0.6) is 0 Å². The van der Waals surface area contributed by atoms with Gasteiger partial charge in [-0.1, -0.05) is 39.3 Å². The van der Waals surface area contributed by atoms with Crippen LogP contribution in [0.15, 0.2) is 6.07 Å². The minimum atomic E-state index is -0.174. The Morgan fingerprint density at radius 2 is 2.05 bits per heavy atom. The number of hydrogen-bond acceptors (Lipinski definition) is 4. The number of aromatic nitrogens is 2. The van der Waals surface area contributed by atoms with Crippen molar-refractivity contribution in [3.8, 4) is 0 Å². The van der Waals surface area contributed by atoms with E-state index >= 15 is 0 Å². The van der Waals surface area contributed by atoms with E-state index < -0.39 is 0 Å². The highest BCUT2D eigenvalue weighted by molar-refractivity contribution is 6.29. The monoisotopic (exact) mass is 298 g/mol. The van der Waals surface area contributed by atoms with Crippen molar-refractivity contribution in [1.82, 2.24) is 15.3 Å². The maximum atomic E-state index is 11.6. The van der Waals surface area contributed by atoms with E-state index in [0.29, 0.717) is 17.5 Å². The molecule has 1 unspecified atom stereocenters. The summed E-state index contributed by atoms with van der Waals surface area (Å²) in [5.41, 5.74) is -0.174. The fraction of sp³-hybridized carbons (Fsp3) is 0.643. The number of amides is 1. The summed E-state index contributed by atoms with van der Waals surface area (Å²) in [6, 6.07) is 1.72. The van der Waals surface area contributed by atoms with Crippen LogP contribution in [0, 0.1) is 5.92 Å². The number of carbonyl (C=O) groups excluding carboxylic acids is 1. The smallest absolute Gasteiger partial charge is 0.224 e. The Morgan fingerprint density at radius 1 is 1.45 bits per heavy atom. The number of halogens is 1. The highest BCUT2D eigenvalue weighted by Crippen LogP contribution is 2.23. The van der Waals surface area contributed by atoms with E-state index in [2.05, 4.69) is 15.3 Å². The standard InChI is InChI=1S/C14H23ClN4O/c1-9(12(20)16-5)8-19(6)11-7-10(15)17-13(18-11)14(2,3)4/h7,9H,8H2,1-6H3,(H,16,20). The first-order valence-electron chi connectivity index (χ1n) is 6.63. The molecule has 1 aromatic rings. The molecule has 1 aromatic heterocycles. The summed E-state index contributed by atoms with van der Waals surface area (Å²) in [7, 11) is 3.53. The molecule has 0 fully saturated rings. The van der Waals surface area contributed by atoms with Crippen LogP contribution in [0.1, 0.15) is 33.5 Å². The van der Waals surface area contributed by atoms with Crippen molar-refractivity contribution in [2.75, 3.05) is 25.5 Å². The van der Waals surface area contributed by atoms with Gasteiger partial charge in [-0.15, -0.1) is 0 Å². The van der Waals surface area contributed by atoms with E-state index in [1.807, 2.05) is 39.6 Å². The Kier molecular flexibility index (Phi) is 5.34. The summed E-state index contributed by atoms with van der Waals surface area (Å²) >= 11 is 6.07. The fourth-order valence-corrected chi connectivity index (χ4v) is 1.95. The van der Waals surface area contributed by atoms with Crippen molar-refractivity contribution in [1.29, 1.82) is 0 Å². The van der Waals surface area contributed by atoms with Crippen LogP contribution in [0.25, 0.3) is 0 Å². The Bertz CT molecular complexity index is 485. The molecule has 1 rings (SSSR count). The Labute approximate surface area is 125 Å². The van der Waals surface area contributed by atoms with Crippen LogP contribution in [0.2, 0.25) is 5.15 Å². The quantitative estimate of drug-likeness (QED) is 0.866. The first-order chi connectivity index (χ1) is 9.15. The van der Waals surface area contributed by atoms with Gasteiger partial charge in [0.1, 0.15) is 16.8 Å². The third-order valence-corrected chi connectivity index (χ3v) is 3.18.